The van der Waals surface area contributed by atoms with Crippen LogP contribution in [0.1, 0.15) is 81.1 Å². The van der Waals surface area contributed by atoms with Crippen LogP contribution in [-0.4, -0.2) is 45.8 Å². The molecule has 178 valence electrons. The molecular formula is C27H39N5O. The predicted octanol–water partition coefficient (Wildman–Crippen LogP) is 4.78. The molecule has 1 aromatic heterocycles. The van der Waals surface area contributed by atoms with Crippen molar-refractivity contribution in [1.82, 2.24) is 20.0 Å². The Labute approximate surface area is 198 Å². The number of piperidine rings is 1. The first-order valence-corrected chi connectivity index (χ1v) is 12.9. The number of hydrogen-bond acceptors (Lipinski definition) is 4. The summed E-state index contributed by atoms with van der Waals surface area (Å²) in [5.74, 6) is 1.64. The molecule has 1 saturated heterocycles. The molecule has 3 heterocycles. The van der Waals surface area contributed by atoms with Crippen LogP contribution in [0, 0.1) is 5.92 Å². The molecule has 33 heavy (non-hydrogen) atoms. The lowest BCUT2D eigenvalue weighted by Gasteiger charge is -2.42. The topological polar surface area (TPSA) is 62.2 Å². The van der Waals surface area contributed by atoms with Crippen molar-refractivity contribution in [2.75, 3.05) is 18.4 Å². The lowest BCUT2D eigenvalue weighted by atomic mass is 9.78. The number of rotatable bonds is 5. The van der Waals surface area contributed by atoms with Gasteiger partial charge in [0.25, 0.3) is 5.91 Å². The molecule has 1 amide bonds. The lowest BCUT2D eigenvalue weighted by molar-refractivity contribution is 0.0909. The minimum Gasteiger partial charge on any atom is -0.366 e. The summed E-state index contributed by atoms with van der Waals surface area (Å²) in [5, 5.41) is 11.7. The van der Waals surface area contributed by atoms with Gasteiger partial charge in [-0.3, -0.25) is 9.69 Å². The average molecular weight is 450 g/mol. The van der Waals surface area contributed by atoms with E-state index >= 15 is 0 Å². The van der Waals surface area contributed by atoms with E-state index in [-0.39, 0.29) is 17.5 Å². The van der Waals surface area contributed by atoms with Crippen LogP contribution in [0.5, 0.6) is 0 Å². The van der Waals surface area contributed by atoms with Crippen LogP contribution in [0.2, 0.25) is 0 Å². The van der Waals surface area contributed by atoms with Gasteiger partial charge in [-0.05, 0) is 57.4 Å². The molecule has 1 aromatic carbocycles. The van der Waals surface area contributed by atoms with Gasteiger partial charge in [0.05, 0.1) is 11.7 Å². The summed E-state index contributed by atoms with van der Waals surface area (Å²) >= 11 is 0. The highest BCUT2D eigenvalue weighted by atomic mass is 16.1. The predicted molar refractivity (Wildman–Crippen MR) is 132 cm³/mol. The molecule has 6 nitrogen and oxygen atoms in total. The number of anilines is 1. The summed E-state index contributed by atoms with van der Waals surface area (Å²) in [6.45, 7) is 7.52. The van der Waals surface area contributed by atoms with Crippen LogP contribution in [0.3, 0.4) is 0 Å². The Morgan fingerprint density at radius 2 is 1.82 bits per heavy atom. The zero-order valence-electron chi connectivity index (χ0n) is 20.2. The molecule has 0 spiro atoms. The molecule has 1 atom stereocenters. The van der Waals surface area contributed by atoms with E-state index in [0.717, 1.165) is 44.7 Å². The number of aromatic nitrogens is 2. The van der Waals surface area contributed by atoms with Crippen molar-refractivity contribution >= 4 is 11.7 Å². The standard InChI is InChI=1S/C27H39N5O/c1-27(2)17-24(21-11-7-4-8-12-21)30-25-23(18-28-32(25)27)26(33)29-22-13-15-31(16-14-22)19-20-9-5-3-6-10-20/h3,5-6,9-10,18,21-22,24,30H,4,7-8,11-17,19H2,1-2H3,(H,29,33). The third-order valence-electron chi connectivity index (χ3n) is 8.02. The number of hydrogen-bond donors (Lipinski definition) is 2. The van der Waals surface area contributed by atoms with Crippen LogP contribution in [-0.2, 0) is 12.1 Å². The lowest BCUT2D eigenvalue weighted by Crippen LogP contribution is -2.47. The molecule has 6 heteroatoms. The van der Waals surface area contributed by atoms with Gasteiger partial charge in [-0.15, -0.1) is 0 Å². The third kappa shape index (κ3) is 4.96. The number of likely N-dealkylation sites (tertiary alicyclic amines) is 1. The summed E-state index contributed by atoms with van der Waals surface area (Å²) < 4.78 is 2.05. The van der Waals surface area contributed by atoms with E-state index in [1.165, 1.54) is 37.7 Å². The first-order chi connectivity index (χ1) is 16.0. The van der Waals surface area contributed by atoms with E-state index in [2.05, 4.69) is 64.8 Å². The van der Waals surface area contributed by atoms with Crippen molar-refractivity contribution in [3.8, 4) is 0 Å². The Balaban J connectivity index is 1.21. The van der Waals surface area contributed by atoms with Gasteiger partial charge < -0.3 is 10.6 Å². The van der Waals surface area contributed by atoms with E-state index in [9.17, 15) is 4.79 Å². The molecule has 0 bridgehead atoms. The fourth-order valence-electron chi connectivity index (χ4n) is 6.12. The van der Waals surface area contributed by atoms with Gasteiger partial charge in [-0.2, -0.15) is 5.10 Å². The molecular weight excluding hydrogens is 410 g/mol. The fraction of sp³-hybridized carbons (Fsp3) is 0.630. The molecule has 0 radical (unpaired) electrons. The summed E-state index contributed by atoms with van der Waals surface area (Å²) in [7, 11) is 0. The van der Waals surface area contributed by atoms with Crippen LogP contribution in [0.4, 0.5) is 5.82 Å². The Kier molecular flexibility index (Phi) is 6.46. The van der Waals surface area contributed by atoms with Crippen molar-refractivity contribution in [1.29, 1.82) is 0 Å². The molecule has 2 N–H and O–H groups in total. The molecule has 1 unspecified atom stereocenters. The SMILES string of the molecule is CC1(C)CC(C2CCCCC2)Nc2c(C(=O)NC3CCN(Cc4ccccc4)CC3)cnn21. The fourth-order valence-corrected chi connectivity index (χ4v) is 6.12. The Morgan fingerprint density at radius 1 is 1.09 bits per heavy atom. The molecule has 2 aliphatic heterocycles. The number of carbonyl (C=O) groups is 1. The number of nitrogens with zero attached hydrogens (tertiary/aromatic N) is 3. The maximum Gasteiger partial charge on any atom is 0.256 e. The van der Waals surface area contributed by atoms with Crippen LogP contribution in [0.15, 0.2) is 36.5 Å². The molecule has 2 fully saturated rings. The monoisotopic (exact) mass is 449 g/mol. The van der Waals surface area contributed by atoms with Gasteiger partial charge in [0, 0.05) is 31.7 Å². The molecule has 2 aromatic rings. The summed E-state index contributed by atoms with van der Waals surface area (Å²) in [6.07, 6.45) is 11.4. The maximum atomic E-state index is 13.3. The quantitative estimate of drug-likeness (QED) is 0.690. The molecule has 1 aliphatic carbocycles. The molecule has 1 saturated carbocycles. The number of amides is 1. The van der Waals surface area contributed by atoms with Crippen molar-refractivity contribution in [2.24, 2.45) is 5.92 Å². The van der Waals surface area contributed by atoms with Crippen molar-refractivity contribution in [2.45, 2.75) is 89.4 Å². The summed E-state index contributed by atoms with van der Waals surface area (Å²) in [6, 6.07) is 11.3. The zero-order valence-corrected chi connectivity index (χ0v) is 20.2. The third-order valence-corrected chi connectivity index (χ3v) is 8.02. The maximum absolute atomic E-state index is 13.3. The zero-order chi connectivity index (χ0) is 22.8. The first kappa shape index (κ1) is 22.5. The summed E-state index contributed by atoms with van der Waals surface area (Å²) in [4.78, 5) is 15.8. The van der Waals surface area contributed by atoms with Crippen molar-refractivity contribution in [3.63, 3.8) is 0 Å². The van der Waals surface area contributed by atoms with E-state index in [4.69, 9.17) is 0 Å². The molecule has 5 rings (SSSR count). The van der Waals surface area contributed by atoms with Crippen LogP contribution >= 0.6 is 0 Å². The average Bonchev–Trinajstić information content (AvgIpc) is 3.27. The second-order valence-electron chi connectivity index (χ2n) is 11.0. The van der Waals surface area contributed by atoms with Gasteiger partial charge in [0.15, 0.2) is 0 Å². The van der Waals surface area contributed by atoms with Crippen LogP contribution in [0.25, 0.3) is 0 Å². The van der Waals surface area contributed by atoms with Gasteiger partial charge in [-0.1, -0.05) is 49.6 Å². The van der Waals surface area contributed by atoms with E-state index in [0.29, 0.717) is 17.5 Å². The highest BCUT2D eigenvalue weighted by Gasteiger charge is 2.39. The van der Waals surface area contributed by atoms with Gasteiger partial charge in [-0.25, -0.2) is 4.68 Å². The summed E-state index contributed by atoms with van der Waals surface area (Å²) in [5.41, 5.74) is 1.98. The number of nitrogens with one attached hydrogen (secondary N) is 2. The van der Waals surface area contributed by atoms with Gasteiger partial charge in [0.1, 0.15) is 11.4 Å². The minimum absolute atomic E-state index is 0.0188. The van der Waals surface area contributed by atoms with Gasteiger partial charge in [0.2, 0.25) is 0 Å². The highest BCUT2D eigenvalue weighted by molar-refractivity contribution is 5.99. The van der Waals surface area contributed by atoms with Crippen molar-refractivity contribution in [3.05, 3.63) is 47.7 Å². The smallest absolute Gasteiger partial charge is 0.256 e. The Hall–Kier alpha value is -2.34. The normalized spacial score (nSPS) is 24.1. The van der Waals surface area contributed by atoms with E-state index < -0.39 is 0 Å². The van der Waals surface area contributed by atoms with Gasteiger partial charge >= 0.3 is 0 Å². The Morgan fingerprint density at radius 3 is 2.55 bits per heavy atom. The number of fused-ring (bicyclic) bond motifs is 1. The Bertz CT molecular complexity index is 939. The second-order valence-corrected chi connectivity index (χ2v) is 11.0. The minimum atomic E-state index is -0.0794. The largest absolute Gasteiger partial charge is 0.366 e. The van der Waals surface area contributed by atoms with Crippen LogP contribution < -0.4 is 10.6 Å². The van der Waals surface area contributed by atoms with E-state index in [1.54, 1.807) is 6.20 Å². The number of benzene rings is 1. The number of carbonyl (C=O) groups excluding carboxylic acids is 1. The second kappa shape index (κ2) is 9.49. The van der Waals surface area contributed by atoms with E-state index in [1.807, 2.05) is 4.68 Å². The molecule has 3 aliphatic rings. The van der Waals surface area contributed by atoms with Crippen molar-refractivity contribution < 1.29 is 4.79 Å². The first-order valence-electron chi connectivity index (χ1n) is 12.9. The highest BCUT2D eigenvalue weighted by Crippen LogP contribution is 2.39.